The van der Waals surface area contributed by atoms with Gasteiger partial charge in [0.25, 0.3) is 5.92 Å². The Morgan fingerprint density at radius 2 is 1.97 bits per heavy atom. The smallest absolute Gasteiger partial charge is 0.298 e. The standard InChI is InChI=1S/C24H27F3N5O3P/c1-14(17-5-4-6-19(22(17)25)24(26,27)13-33)29-23-18-11-21(28-12-20(18)30-15(2)31-23)36(35)9-7-32(8-10-36)16(3)34/h4-6,11-12,14,33H,7-10,13H2,1-3H3,(H,29,30,31)/t14-/m1/s1. The van der Waals surface area contributed by atoms with Crippen LogP contribution in [-0.4, -0.2) is 62.9 Å². The van der Waals surface area contributed by atoms with Crippen molar-refractivity contribution in [1.29, 1.82) is 0 Å². The number of rotatable bonds is 6. The van der Waals surface area contributed by atoms with Crippen molar-refractivity contribution >= 4 is 35.2 Å². The lowest BCUT2D eigenvalue weighted by Gasteiger charge is -2.31. The zero-order chi connectivity index (χ0) is 26.3. The van der Waals surface area contributed by atoms with E-state index in [-0.39, 0.29) is 11.5 Å². The lowest BCUT2D eigenvalue weighted by molar-refractivity contribution is -0.128. The van der Waals surface area contributed by atoms with E-state index in [0.717, 1.165) is 6.07 Å². The molecule has 0 bridgehead atoms. The quantitative estimate of drug-likeness (QED) is 0.478. The van der Waals surface area contributed by atoms with E-state index in [1.54, 1.807) is 24.8 Å². The summed E-state index contributed by atoms with van der Waals surface area (Å²) in [6.45, 7) is 4.01. The van der Waals surface area contributed by atoms with Crippen molar-refractivity contribution in [1.82, 2.24) is 19.9 Å². The number of fused-ring (bicyclic) bond motifs is 1. The Balaban J connectivity index is 1.69. The molecule has 1 aliphatic heterocycles. The van der Waals surface area contributed by atoms with Crippen molar-refractivity contribution in [3.8, 4) is 0 Å². The van der Waals surface area contributed by atoms with E-state index in [2.05, 4.69) is 20.3 Å². The van der Waals surface area contributed by atoms with Gasteiger partial charge in [0.1, 0.15) is 36.6 Å². The summed E-state index contributed by atoms with van der Waals surface area (Å²) in [4.78, 5) is 26.5. The van der Waals surface area contributed by atoms with Crippen molar-refractivity contribution in [2.45, 2.75) is 32.7 Å². The van der Waals surface area contributed by atoms with Crippen molar-refractivity contribution in [2.75, 3.05) is 37.3 Å². The maximum Gasteiger partial charge on any atom is 0.298 e. The number of alkyl halides is 2. The van der Waals surface area contributed by atoms with Gasteiger partial charge in [0.15, 0.2) is 0 Å². The van der Waals surface area contributed by atoms with E-state index in [0.29, 0.717) is 53.4 Å². The van der Waals surface area contributed by atoms with Crippen LogP contribution in [0.15, 0.2) is 30.5 Å². The number of carbonyl (C=O) groups excluding carboxylic acids is 1. The second-order valence-corrected chi connectivity index (χ2v) is 12.1. The summed E-state index contributed by atoms with van der Waals surface area (Å²) in [7, 11) is -2.86. The van der Waals surface area contributed by atoms with Gasteiger partial charge in [0.2, 0.25) is 5.91 Å². The predicted molar refractivity (Wildman–Crippen MR) is 131 cm³/mol. The number of hydrogen-bond acceptors (Lipinski definition) is 7. The largest absolute Gasteiger partial charge is 0.390 e. The Hall–Kier alpha value is -3.04. The van der Waals surface area contributed by atoms with E-state index in [1.807, 2.05) is 0 Å². The van der Waals surface area contributed by atoms with Crippen LogP contribution in [0.5, 0.6) is 0 Å². The fraction of sp³-hybridized carbons (Fsp3) is 0.417. The number of aliphatic hydroxyl groups is 1. The first-order valence-electron chi connectivity index (χ1n) is 11.5. The van der Waals surface area contributed by atoms with Crippen molar-refractivity contribution < 1.29 is 27.6 Å². The Morgan fingerprint density at radius 1 is 1.28 bits per heavy atom. The molecular formula is C24H27F3N5O3P. The Kier molecular flexibility index (Phi) is 7.07. The van der Waals surface area contributed by atoms with Gasteiger partial charge in [-0.15, -0.1) is 0 Å². The highest BCUT2D eigenvalue weighted by Gasteiger charge is 2.35. The number of aromatic nitrogens is 3. The zero-order valence-electron chi connectivity index (χ0n) is 20.1. The highest BCUT2D eigenvalue weighted by molar-refractivity contribution is 7.71. The van der Waals surface area contributed by atoms with Gasteiger partial charge in [-0.05, 0) is 26.0 Å². The van der Waals surface area contributed by atoms with Crippen LogP contribution in [0.2, 0.25) is 0 Å². The maximum absolute atomic E-state index is 15.0. The molecule has 192 valence electrons. The molecule has 1 fully saturated rings. The van der Waals surface area contributed by atoms with Gasteiger partial charge in [-0.3, -0.25) is 9.78 Å². The van der Waals surface area contributed by atoms with Crippen LogP contribution in [0.4, 0.5) is 19.0 Å². The number of nitrogens with zero attached hydrogens (tertiary/aromatic N) is 4. The molecule has 0 aliphatic carbocycles. The van der Waals surface area contributed by atoms with Crippen LogP contribution in [0.3, 0.4) is 0 Å². The second kappa shape index (κ2) is 9.78. The average molecular weight is 521 g/mol. The third-order valence-electron chi connectivity index (χ3n) is 6.45. The molecule has 12 heteroatoms. The summed E-state index contributed by atoms with van der Waals surface area (Å²) < 4.78 is 56.7. The molecule has 8 nitrogen and oxygen atoms in total. The van der Waals surface area contributed by atoms with Crippen molar-refractivity contribution in [2.24, 2.45) is 0 Å². The van der Waals surface area contributed by atoms with E-state index >= 15 is 4.39 Å². The summed E-state index contributed by atoms with van der Waals surface area (Å²) in [5.74, 6) is -4.17. The predicted octanol–water partition coefficient (Wildman–Crippen LogP) is 3.58. The van der Waals surface area contributed by atoms with Gasteiger partial charge in [-0.1, -0.05) is 12.1 Å². The minimum atomic E-state index is -3.72. The molecule has 1 aliphatic rings. The molecule has 0 saturated carbocycles. The first kappa shape index (κ1) is 26.0. The average Bonchev–Trinajstić information content (AvgIpc) is 2.83. The van der Waals surface area contributed by atoms with Crippen LogP contribution in [-0.2, 0) is 15.3 Å². The molecule has 1 atom stereocenters. The van der Waals surface area contributed by atoms with Crippen LogP contribution in [0, 0.1) is 12.7 Å². The van der Waals surface area contributed by atoms with Crippen LogP contribution in [0.1, 0.15) is 36.8 Å². The number of pyridine rings is 1. The number of benzene rings is 1. The maximum atomic E-state index is 15.0. The third kappa shape index (κ3) is 4.95. The van der Waals surface area contributed by atoms with Gasteiger partial charge in [0, 0.05) is 43.3 Å². The normalized spacial score (nSPS) is 16.7. The molecule has 3 heterocycles. The van der Waals surface area contributed by atoms with Gasteiger partial charge in [0.05, 0.1) is 23.3 Å². The molecule has 0 radical (unpaired) electrons. The van der Waals surface area contributed by atoms with Crippen LogP contribution < -0.4 is 10.8 Å². The first-order valence-corrected chi connectivity index (χ1v) is 13.6. The number of halogens is 3. The lowest BCUT2D eigenvalue weighted by atomic mass is 10.00. The molecule has 0 spiro atoms. The monoisotopic (exact) mass is 521 g/mol. The number of carbonyl (C=O) groups is 1. The van der Waals surface area contributed by atoms with E-state index in [9.17, 15) is 18.1 Å². The second-order valence-electron chi connectivity index (χ2n) is 8.96. The first-order chi connectivity index (χ1) is 16.9. The minimum absolute atomic E-state index is 0.0243. The number of anilines is 1. The number of aliphatic hydroxyl groups excluding tert-OH is 1. The third-order valence-corrected chi connectivity index (χ3v) is 9.37. The number of hydrogen-bond donors (Lipinski definition) is 2. The number of aryl methyl sites for hydroxylation is 1. The molecule has 4 rings (SSSR count). The molecular weight excluding hydrogens is 494 g/mol. The minimum Gasteiger partial charge on any atom is -0.390 e. The Labute approximate surface area is 206 Å². The van der Waals surface area contributed by atoms with Crippen LogP contribution >= 0.6 is 7.14 Å². The topological polar surface area (TPSA) is 108 Å². The van der Waals surface area contributed by atoms with Crippen molar-refractivity contribution in [3.63, 3.8) is 0 Å². The summed E-state index contributed by atoms with van der Waals surface area (Å²) in [6.07, 6.45) is 2.14. The van der Waals surface area contributed by atoms with Gasteiger partial charge >= 0.3 is 0 Å². The SMILES string of the molecule is CC(=O)N1CCP(=O)(c2cc3c(N[C@H](C)c4cccc(C(F)(F)CO)c4F)nc(C)nc3cn2)CC1. The van der Waals surface area contributed by atoms with E-state index < -0.39 is 37.1 Å². The molecule has 36 heavy (non-hydrogen) atoms. The molecule has 1 aromatic carbocycles. The zero-order valence-corrected chi connectivity index (χ0v) is 21.0. The van der Waals surface area contributed by atoms with Crippen LogP contribution in [0.25, 0.3) is 10.9 Å². The van der Waals surface area contributed by atoms with Crippen molar-refractivity contribution in [3.05, 3.63) is 53.2 Å². The molecule has 3 aromatic rings. The molecule has 1 amide bonds. The summed E-state index contributed by atoms with van der Waals surface area (Å²) in [5.41, 5.74) is -0.0295. The Bertz CT molecular complexity index is 1360. The lowest BCUT2D eigenvalue weighted by Crippen LogP contribution is -2.40. The number of nitrogens with one attached hydrogen (secondary N) is 1. The summed E-state index contributed by atoms with van der Waals surface area (Å²) in [6, 6.07) is 4.51. The highest BCUT2D eigenvalue weighted by atomic mass is 31.2. The number of amides is 1. The van der Waals surface area contributed by atoms with Gasteiger partial charge in [-0.25, -0.2) is 14.4 Å². The molecule has 2 N–H and O–H groups in total. The van der Waals surface area contributed by atoms with E-state index in [1.165, 1.54) is 25.3 Å². The van der Waals surface area contributed by atoms with Gasteiger partial charge < -0.3 is 19.9 Å². The van der Waals surface area contributed by atoms with E-state index in [4.69, 9.17) is 5.11 Å². The summed E-state index contributed by atoms with van der Waals surface area (Å²) >= 11 is 0. The highest BCUT2D eigenvalue weighted by Crippen LogP contribution is 2.46. The Morgan fingerprint density at radius 3 is 2.61 bits per heavy atom. The summed E-state index contributed by atoms with van der Waals surface area (Å²) in [5, 5.41) is 12.6. The van der Waals surface area contributed by atoms with Gasteiger partial charge in [-0.2, -0.15) is 8.78 Å². The fourth-order valence-electron chi connectivity index (χ4n) is 4.34. The molecule has 1 saturated heterocycles. The molecule has 0 unspecified atom stereocenters. The molecule has 2 aromatic heterocycles. The fourth-order valence-corrected chi connectivity index (χ4v) is 6.78.